The van der Waals surface area contributed by atoms with Crippen LogP contribution < -0.4 is 0 Å². The first-order valence-corrected chi connectivity index (χ1v) is 11.2. The van der Waals surface area contributed by atoms with Crippen LogP contribution >= 0.6 is 0 Å². The summed E-state index contributed by atoms with van der Waals surface area (Å²) >= 11 is 0. The number of carbonyl (C=O) groups is 1. The second-order valence-corrected chi connectivity index (χ2v) is 7.61. The zero-order chi connectivity index (χ0) is 19.5. The van der Waals surface area contributed by atoms with Crippen molar-refractivity contribution in [3.8, 4) is 0 Å². The van der Waals surface area contributed by atoms with E-state index in [9.17, 15) is 4.79 Å². The van der Waals surface area contributed by atoms with Gasteiger partial charge in [-0.15, -0.1) is 0 Å². The van der Waals surface area contributed by atoms with Gasteiger partial charge in [0.1, 0.15) is 0 Å². The predicted octanol–water partition coefficient (Wildman–Crippen LogP) is 4.85. The Kier molecular flexibility index (Phi) is 18.7. The van der Waals surface area contributed by atoms with E-state index in [0.717, 1.165) is 51.9 Å². The maximum atomic E-state index is 12.1. The molecule has 1 N–H and O–H groups in total. The average Bonchev–Trinajstić information content (AvgIpc) is 2.65. The molecule has 156 valence electrons. The maximum absolute atomic E-state index is 12.1. The van der Waals surface area contributed by atoms with Crippen LogP contribution in [0.1, 0.15) is 97.3 Å². The van der Waals surface area contributed by atoms with Gasteiger partial charge < -0.3 is 14.9 Å². The number of rotatable bonds is 19. The molecule has 4 heteroatoms. The third-order valence-electron chi connectivity index (χ3n) is 5.25. The molecule has 1 amide bonds. The summed E-state index contributed by atoms with van der Waals surface area (Å²) in [6.45, 7) is 8.31. The molecule has 0 aliphatic rings. The highest BCUT2D eigenvalue weighted by atomic mass is 16.3. The zero-order valence-corrected chi connectivity index (χ0v) is 18.0. The molecule has 0 spiro atoms. The molecule has 0 heterocycles. The zero-order valence-electron chi connectivity index (χ0n) is 18.0. The maximum Gasteiger partial charge on any atom is 0.222 e. The van der Waals surface area contributed by atoms with Crippen molar-refractivity contribution in [2.24, 2.45) is 0 Å². The highest BCUT2D eigenvalue weighted by Gasteiger charge is 2.08. The van der Waals surface area contributed by atoms with Gasteiger partial charge in [-0.2, -0.15) is 0 Å². The van der Waals surface area contributed by atoms with E-state index in [1.807, 2.05) is 11.9 Å². The van der Waals surface area contributed by atoms with Crippen molar-refractivity contribution in [2.45, 2.75) is 97.3 Å². The first kappa shape index (κ1) is 25.4. The van der Waals surface area contributed by atoms with Gasteiger partial charge in [0.15, 0.2) is 0 Å². The van der Waals surface area contributed by atoms with E-state index < -0.39 is 0 Å². The summed E-state index contributed by atoms with van der Waals surface area (Å²) in [6, 6.07) is 0. The number of unbranched alkanes of at least 4 members (excludes halogenated alkanes) is 10. The van der Waals surface area contributed by atoms with Crippen LogP contribution in [-0.4, -0.2) is 60.6 Å². The molecule has 0 bridgehead atoms. The van der Waals surface area contributed by atoms with Crippen molar-refractivity contribution in [1.82, 2.24) is 9.80 Å². The summed E-state index contributed by atoms with van der Waals surface area (Å²) in [4.78, 5) is 16.3. The fourth-order valence-corrected chi connectivity index (χ4v) is 3.33. The Morgan fingerprint density at radius 1 is 0.731 bits per heavy atom. The van der Waals surface area contributed by atoms with Crippen molar-refractivity contribution in [1.29, 1.82) is 0 Å². The van der Waals surface area contributed by atoms with Gasteiger partial charge in [0.25, 0.3) is 0 Å². The molecule has 0 aromatic heterocycles. The Hall–Kier alpha value is -0.610. The van der Waals surface area contributed by atoms with E-state index in [4.69, 9.17) is 5.11 Å². The smallest absolute Gasteiger partial charge is 0.222 e. The van der Waals surface area contributed by atoms with E-state index in [2.05, 4.69) is 18.7 Å². The normalized spacial score (nSPS) is 11.3. The van der Waals surface area contributed by atoms with Gasteiger partial charge in [-0.25, -0.2) is 0 Å². The van der Waals surface area contributed by atoms with Crippen LogP contribution in [0.5, 0.6) is 0 Å². The molecular formula is C22H46N2O2. The lowest BCUT2D eigenvalue weighted by Crippen LogP contribution is -2.28. The van der Waals surface area contributed by atoms with Gasteiger partial charge in [0.2, 0.25) is 5.91 Å². The summed E-state index contributed by atoms with van der Waals surface area (Å²) in [7, 11) is 1.95. The first-order valence-electron chi connectivity index (χ1n) is 11.2. The van der Waals surface area contributed by atoms with E-state index in [-0.39, 0.29) is 6.61 Å². The molecule has 0 aliphatic carbocycles. The molecule has 0 aromatic rings. The predicted molar refractivity (Wildman–Crippen MR) is 113 cm³/mol. The fraction of sp³-hybridized carbons (Fsp3) is 0.955. The molecule has 4 nitrogen and oxygen atoms in total. The van der Waals surface area contributed by atoms with Crippen LogP contribution in [0.3, 0.4) is 0 Å². The molecule has 0 aromatic carbocycles. The van der Waals surface area contributed by atoms with E-state index in [0.29, 0.717) is 12.3 Å². The number of aliphatic hydroxyl groups excluding tert-OH is 1. The Morgan fingerprint density at radius 3 is 1.85 bits per heavy atom. The summed E-state index contributed by atoms with van der Waals surface area (Å²) in [6.07, 6.45) is 15.8. The molecule has 0 aliphatic heterocycles. The van der Waals surface area contributed by atoms with Crippen LogP contribution in [-0.2, 0) is 4.79 Å². The summed E-state index contributed by atoms with van der Waals surface area (Å²) in [5.74, 6) is 0.298. The fourth-order valence-electron chi connectivity index (χ4n) is 3.33. The standard InChI is InChI=1S/C22H46N2O2/c1-4-6-7-8-9-10-11-12-15-18-23(3)22(26)17-14-13-16-19-24(5-2)20-21-25/h25H,4-21H2,1-3H3. The number of hydrogen-bond donors (Lipinski definition) is 1. The summed E-state index contributed by atoms with van der Waals surface area (Å²) in [5.41, 5.74) is 0. The van der Waals surface area contributed by atoms with Crippen molar-refractivity contribution in [3.63, 3.8) is 0 Å². The van der Waals surface area contributed by atoms with Gasteiger partial charge in [0.05, 0.1) is 6.61 Å². The van der Waals surface area contributed by atoms with Crippen LogP contribution in [0.15, 0.2) is 0 Å². The summed E-state index contributed by atoms with van der Waals surface area (Å²) < 4.78 is 0. The van der Waals surface area contributed by atoms with Gasteiger partial charge in [-0.05, 0) is 32.4 Å². The third kappa shape index (κ3) is 15.6. The van der Waals surface area contributed by atoms with E-state index >= 15 is 0 Å². The molecule has 0 unspecified atom stereocenters. The second kappa shape index (κ2) is 19.2. The van der Waals surface area contributed by atoms with Gasteiger partial charge in [-0.1, -0.05) is 71.6 Å². The van der Waals surface area contributed by atoms with Crippen molar-refractivity contribution < 1.29 is 9.90 Å². The topological polar surface area (TPSA) is 43.8 Å². The second-order valence-electron chi connectivity index (χ2n) is 7.61. The minimum absolute atomic E-state index is 0.232. The van der Waals surface area contributed by atoms with Gasteiger partial charge in [-0.3, -0.25) is 4.79 Å². The highest BCUT2D eigenvalue weighted by Crippen LogP contribution is 2.10. The summed E-state index contributed by atoms with van der Waals surface area (Å²) in [5, 5.41) is 8.97. The SMILES string of the molecule is CCCCCCCCCCCN(C)C(=O)CCCCCN(CC)CCO. The van der Waals surface area contributed by atoms with Gasteiger partial charge >= 0.3 is 0 Å². The number of likely N-dealkylation sites (N-methyl/N-ethyl adjacent to an activating group) is 1. The number of amides is 1. The minimum Gasteiger partial charge on any atom is -0.395 e. The Morgan fingerprint density at radius 2 is 1.27 bits per heavy atom. The van der Waals surface area contributed by atoms with Crippen molar-refractivity contribution in [2.75, 3.05) is 39.8 Å². The largest absolute Gasteiger partial charge is 0.395 e. The monoisotopic (exact) mass is 370 g/mol. The molecule has 0 saturated carbocycles. The van der Waals surface area contributed by atoms with E-state index in [1.54, 1.807) is 0 Å². The molecule has 0 fully saturated rings. The number of aliphatic hydroxyl groups is 1. The lowest BCUT2D eigenvalue weighted by atomic mass is 10.1. The van der Waals surface area contributed by atoms with Gasteiger partial charge in [0, 0.05) is 26.6 Å². The Bertz CT molecular complexity index is 311. The quantitative estimate of drug-likeness (QED) is 0.331. The minimum atomic E-state index is 0.232. The molecule has 26 heavy (non-hydrogen) atoms. The van der Waals surface area contributed by atoms with Crippen molar-refractivity contribution >= 4 is 5.91 Å². The lowest BCUT2D eigenvalue weighted by molar-refractivity contribution is -0.130. The van der Waals surface area contributed by atoms with Crippen LogP contribution in [0.25, 0.3) is 0 Å². The molecule has 0 saturated heterocycles. The van der Waals surface area contributed by atoms with Crippen LogP contribution in [0, 0.1) is 0 Å². The first-order chi connectivity index (χ1) is 12.7. The third-order valence-corrected chi connectivity index (χ3v) is 5.25. The lowest BCUT2D eigenvalue weighted by Gasteiger charge is -2.19. The van der Waals surface area contributed by atoms with Crippen LogP contribution in [0.2, 0.25) is 0 Å². The number of carbonyl (C=O) groups excluding carboxylic acids is 1. The average molecular weight is 371 g/mol. The Balaban J connectivity index is 3.48. The number of nitrogens with zero attached hydrogens (tertiary/aromatic N) is 2. The van der Waals surface area contributed by atoms with E-state index in [1.165, 1.54) is 51.4 Å². The molecular weight excluding hydrogens is 324 g/mol. The van der Waals surface area contributed by atoms with Crippen LogP contribution in [0.4, 0.5) is 0 Å². The molecule has 0 radical (unpaired) electrons. The molecule has 0 atom stereocenters. The number of hydrogen-bond acceptors (Lipinski definition) is 3. The Labute approximate surface area is 163 Å². The highest BCUT2D eigenvalue weighted by molar-refractivity contribution is 5.75. The molecule has 0 rings (SSSR count). The van der Waals surface area contributed by atoms with Crippen molar-refractivity contribution in [3.05, 3.63) is 0 Å².